The standard InChI is InChI=1S/C21H19NO3S/c22-18-11-13-19(14-12-18)26(24,25)21(17-9-5-2-6-10-17)15-20(23)16-7-3-1-4-8-16/h1-14,21H,15,22H2/t21-/m0/s1. The molecule has 0 aromatic heterocycles. The lowest BCUT2D eigenvalue weighted by Gasteiger charge is -2.18. The van der Waals surface area contributed by atoms with Crippen LogP contribution in [0, 0.1) is 0 Å². The van der Waals surface area contributed by atoms with E-state index in [0.717, 1.165) is 0 Å². The minimum absolute atomic E-state index is 0.124. The van der Waals surface area contributed by atoms with Gasteiger partial charge in [0.15, 0.2) is 15.6 Å². The molecule has 2 N–H and O–H groups in total. The van der Waals surface area contributed by atoms with E-state index in [2.05, 4.69) is 0 Å². The van der Waals surface area contributed by atoms with E-state index in [9.17, 15) is 13.2 Å². The summed E-state index contributed by atoms with van der Waals surface area (Å²) in [7, 11) is -3.75. The average molecular weight is 365 g/mol. The zero-order chi connectivity index (χ0) is 18.6. The highest BCUT2D eigenvalue weighted by atomic mass is 32.2. The highest BCUT2D eigenvalue weighted by Crippen LogP contribution is 2.33. The van der Waals surface area contributed by atoms with Crippen molar-refractivity contribution in [2.75, 3.05) is 5.73 Å². The van der Waals surface area contributed by atoms with Crippen LogP contribution < -0.4 is 5.73 Å². The molecule has 3 aromatic rings. The molecule has 0 amide bonds. The van der Waals surface area contributed by atoms with Gasteiger partial charge in [0.25, 0.3) is 0 Å². The number of rotatable bonds is 6. The van der Waals surface area contributed by atoms with Gasteiger partial charge in [-0.3, -0.25) is 4.79 Å². The van der Waals surface area contributed by atoms with E-state index in [1.165, 1.54) is 12.1 Å². The van der Waals surface area contributed by atoms with Gasteiger partial charge in [-0.15, -0.1) is 0 Å². The molecule has 0 saturated heterocycles. The fourth-order valence-corrected chi connectivity index (χ4v) is 4.54. The summed E-state index contributed by atoms with van der Waals surface area (Å²) in [5, 5.41) is -0.958. The quantitative estimate of drug-likeness (QED) is 0.528. The monoisotopic (exact) mass is 365 g/mol. The molecule has 26 heavy (non-hydrogen) atoms. The summed E-state index contributed by atoms with van der Waals surface area (Å²) in [4.78, 5) is 12.8. The fraction of sp³-hybridized carbons (Fsp3) is 0.0952. The molecule has 0 spiro atoms. The SMILES string of the molecule is Nc1ccc(S(=O)(=O)[C@@H](CC(=O)c2ccccc2)c2ccccc2)cc1. The number of sulfone groups is 1. The van der Waals surface area contributed by atoms with Crippen LogP contribution >= 0.6 is 0 Å². The zero-order valence-electron chi connectivity index (χ0n) is 14.1. The molecule has 0 aliphatic carbocycles. The Hall–Kier alpha value is -2.92. The normalized spacial score (nSPS) is 12.5. The Balaban J connectivity index is 2.01. The molecule has 0 fully saturated rings. The summed E-state index contributed by atoms with van der Waals surface area (Å²) in [5.41, 5.74) is 7.24. The van der Waals surface area contributed by atoms with Crippen molar-refractivity contribution < 1.29 is 13.2 Å². The number of carbonyl (C=O) groups is 1. The van der Waals surface area contributed by atoms with Crippen LogP contribution in [0.5, 0.6) is 0 Å². The smallest absolute Gasteiger partial charge is 0.185 e. The highest BCUT2D eigenvalue weighted by molar-refractivity contribution is 7.91. The number of nitrogen functional groups attached to an aromatic ring is 1. The Labute approximate surface area is 153 Å². The Morgan fingerprint density at radius 2 is 1.35 bits per heavy atom. The van der Waals surface area contributed by atoms with Gasteiger partial charge in [0.1, 0.15) is 0 Å². The maximum absolute atomic E-state index is 13.2. The Kier molecular flexibility index (Phi) is 5.19. The summed E-state index contributed by atoms with van der Waals surface area (Å²) in [5.74, 6) is -0.210. The molecule has 4 nitrogen and oxygen atoms in total. The van der Waals surface area contributed by atoms with Crippen LogP contribution in [0.4, 0.5) is 5.69 Å². The lowest BCUT2D eigenvalue weighted by molar-refractivity contribution is 0.0980. The zero-order valence-corrected chi connectivity index (χ0v) is 14.9. The molecule has 0 saturated carbocycles. The molecule has 0 radical (unpaired) electrons. The van der Waals surface area contributed by atoms with Crippen LogP contribution in [0.25, 0.3) is 0 Å². The first kappa shape index (κ1) is 17.9. The summed E-state index contributed by atoms with van der Waals surface area (Å²) >= 11 is 0. The summed E-state index contributed by atoms with van der Waals surface area (Å²) in [6.07, 6.45) is -0.124. The van der Waals surface area contributed by atoms with Crippen molar-refractivity contribution in [2.45, 2.75) is 16.6 Å². The van der Waals surface area contributed by atoms with Gasteiger partial charge < -0.3 is 5.73 Å². The first-order chi connectivity index (χ1) is 12.5. The molecule has 0 unspecified atom stereocenters. The lowest BCUT2D eigenvalue weighted by Crippen LogP contribution is -2.18. The van der Waals surface area contributed by atoms with Gasteiger partial charge in [-0.2, -0.15) is 0 Å². The van der Waals surface area contributed by atoms with Gasteiger partial charge in [0, 0.05) is 17.7 Å². The van der Waals surface area contributed by atoms with Crippen molar-refractivity contribution in [3.05, 3.63) is 96.1 Å². The van der Waals surface area contributed by atoms with Crippen molar-refractivity contribution in [2.24, 2.45) is 0 Å². The van der Waals surface area contributed by atoms with Crippen molar-refractivity contribution in [3.8, 4) is 0 Å². The lowest BCUT2D eigenvalue weighted by atomic mass is 10.0. The Morgan fingerprint density at radius 3 is 1.92 bits per heavy atom. The fourth-order valence-electron chi connectivity index (χ4n) is 2.81. The van der Waals surface area contributed by atoms with E-state index in [4.69, 9.17) is 5.73 Å². The van der Waals surface area contributed by atoms with Crippen LogP contribution in [0.1, 0.15) is 27.6 Å². The molecule has 0 bridgehead atoms. The molecule has 1 atom stereocenters. The topological polar surface area (TPSA) is 77.2 Å². The van der Waals surface area contributed by atoms with Gasteiger partial charge in [0.2, 0.25) is 0 Å². The van der Waals surface area contributed by atoms with Crippen molar-refractivity contribution >= 4 is 21.3 Å². The molecule has 5 heteroatoms. The van der Waals surface area contributed by atoms with Gasteiger partial charge in [-0.1, -0.05) is 60.7 Å². The number of nitrogens with two attached hydrogens (primary N) is 1. The van der Waals surface area contributed by atoms with Gasteiger partial charge in [-0.05, 0) is 29.8 Å². The molecule has 3 aromatic carbocycles. The molecule has 0 aliphatic rings. The number of carbonyl (C=O) groups excluding carboxylic acids is 1. The number of anilines is 1. The second kappa shape index (κ2) is 7.54. The van der Waals surface area contributed by atoms with Crippen molar-refractivity contribution in [3.63, 3.8) is 0 Å². The highest BCUT2D eigenvalue weighted by Gasteiger charge is 2.31. The van der Waals surface area contributed by atoms with E-state index in [1.807, 2.05) is 12.1 Å². The van der Waals surface area contributed by atoms with Crippen molar-refractivity contribution in [1.29, 1.82) is 0 Å². The van der Waals surface area contributed by atoms with Crippen LogP contribution in [0.15, 0.2) is 89.8 Å². The van der Waals surface area contributed by atoms with Gasteiger partial charge in [-0.25, -0.2) is 8.42 Å². The molecular formula is C21H19NO3S. The largest absolute Gasteiger partial charge is 0.399 e. The first-order valence-electron chi connectivity index (χ1n) is 8.21. The second-order valence-electron chi connectivity index (χ2n) is 6.01. The van der Waals surface area contributed by atoms with E-state index in [0.29, 0.717) is 16.8 Å². The van der Waals surface area contributed by atoms with E-state index < -0.39 is 15.1 Å². The summed E-state index contributed by atoms with van der Waals surface area (Å²) in [6.45, 7) is 0. The predicted octanol–water partition coefficient (Wildman–Crippen LogP) is 4.06. The van der Waals surface area contributed by atoms with Crippen LogP contribution in [-0.4, -0.2) is 14.2 Å². The van der Waals surface area contributed by atoms with Gasteiger partial charge in [0.05, 0.1) is 10.1 Å². The number of ketones is 1. The van der Waals surface area contributed by atoms with Crippen LogP contribution in [-0.2, 0) is 9.84 Å². The van der Waals surface area contributed by atoms with E-state index in [1.54, 1.807) is 60.7 Å². The van der Waals surface area contributed by atoms with Crippen LogP contribution in [0.2, 0.25) is 0 Å². The maximum atomic E-state index is 13.2. The second-order valence-corrected chi connectivity index (χ2v) is 8.14. The van der Waals surface area contributed by atoms with Crippen LogP contribution in [0.3, 0.4) is 0 Å². The summed E-state index contributed by atoms with van der Waals surface area (Å²) < 4.78 is 26.4. The Morgan fingerprint density at radius 1 is 0.808 bits per heavy atom. The average Bonchev–Trinajstić information content (AvgIpc) is 2.67. The van der Waals surface area contributed by atoms with Gasteiger partial charge >= 0.3 is 0 Å². The van der Waals surface area contributed by atoms with E-state index in [-0.39, 0.29) is 17.1 Å². The number of hydrogen-bond acceptors (Lipinski definition) is 4. The molecular weight excluding hydrogens is 346 g/mol. The third kappa shape index (κ3) is 3.83. The minimum Gasteiger partial charge on any atom is -0.399 e. The number of hydrogen-bond donors (Lipinski definition) is 1. The predicted molar refractivity (Wildman–Crippen MR) is 103 cm³/mol. The van der Waals surface area contributed by atoms with E-state index >= 15 is 0 Å². The third-order valence-corrected chi connectivity index (χ3v) is 6.34. The molecule has 0 heterocycles. The first-order valence-corrected chi connectivity index (χ1v) is 9.76. The molecule has 0 aliphatic heterocycles. The molecule has 132 valence electrons. The Bertz CT molecular complexity index is 982. The third-order valence-electron chi connectivity index (χ3n) is 4.22. The molecule has 3 rings (SSSR count). The maximum Gasteiger partial charge on any atom is 0.185 e. The minimum atomic E-state index is -3.75. The number of benzene rings is 3. The summed E-state index contributed by atoms with van der Waals surface area (Å²) in [6, 6.07) is 23.6. The number of Topliss-reactive ketones (excluding diaryl/α,β-unsaturated/α-hetero) is 1. The van der Waals surface area contributed by atoms with Crippen molar-refractivity contribution in [1.82, 2.24) is 0 Å².